The van der Waals surface area contributed by atoms with Crippen LogP contribution in [0.15, 0.2) is 30.5 Å². The molecule has 0 aliphatic carbocycles. The highest BCUT2D eigenvalue weighted by Gasteiger charge is 2.16. The van der Waals surface area contributed by atoms with Crippen molar-refractivity contribution in [1.29, 1.82) is 0 Å². The van der Waals surface area contributed by atoms with Crippen molar-refractivity contribution < 1.29 is 38.0 Å². The minimum atomic E-state index is -0.620. The van der Waals surface area contributed by atoms with Gasteiger partial charge in [0.15, 0.2) is 36.0 Å². The number of fused-ring (bicyclic) bond motifs is 1. The van der Waals surface area contributed by atoms with Crippen LogP contribution in [0.2, 0.25) is 0 Å². The Hall–Kier alpha value is -3.77. The number of carbonyl (C=O) groups is 1. The van der Waals surface area contributed by atoms with Crippen molar-refractivity contribution in [3.8, 4) is 23.1 Å². The zero-order valence-corrected chi connectivity index (χ0v) is 19.0. The highest BCUT2D eigenvalue weighted by atomic mass is 16.7. The number of nitrogens with zero attached hydrogens (tertiary/aromatic N) is 3. The van der Waals surface area contributed by atoms with Crippen LogP contribution in [0, 0.1) is 0 Å². The first-order valence-corrected chi connectivity index (χ1v) is 9.83. The van der Waals surface area contributed by atoms with Crippen LogP contribution in [-0.2, 0) is 20.8 Å². The van der Waals surface area contributed by atoms with Gasteiger partial charge in [-0.25, -0.2) is 14.3 Å². The molecule has 0 fully saturated rings. The third-order valence-electron chi connectivity index (χ3n) is 4.46. The maximum Gasteiger partial charge on any atom is 0.412 e. The van der Waals surface area contributed by atoms with Gasteiger partial charge in [0.2, 0.25) is 11.6 Å². The molecule has 1 atom stereocenters. The number of hydrogen-bond donors (Lipinski definition) is 1. The fourth-order valence-corrected chi connectivity index (χ4v) is 2.73. The zero-order valence-electron chi connectivity index (χ0n) is 19.0. The number of benzene rings is 1. The molecule has 12 heteroatoms. The van der Waals surface area contributed by atoms with Crippen molar-refractivity contribution in [2.24, 2.45) is 0 Å². The topological polar surface area (TPSA) is 124 Å². The number of rotatable bonds is 11. The Bertz CT molecular complexity index is 1060. The summed E-state index contributed by atoms with van der Waals surface area (Å²) < 4.78 is 38.8. The van der Waals surface area contributed by atoms with Gasteiger partial charge in [0.25, 0.3) is 0 Å². The second kappa shape index (κ2) is 11.2. The summed E-state index contributed by atoms with van der Waals surface area (Å²) in [5, 5.41) is 6.82. The van der Waals surface area contributed by atoms with Crippen molar-refractivity contribution >= 4 is 17.6 Å². The van der Waals surface area contributed by atoms with Crippen molar-refractivity contribution in [3.63, 3.8) is 0 Å². The largest absolute Gasteiger partial charge is 0.493 e. The van der Waals surface area contributed by atoms with Gasteiger partial charge in [0.05, 0.1) is 27.5 Å². The van der Waals surface area contributed by atoms with Gasteiger partial charge in [0, 0.05) is 13.2 Å². The van der Waals surface area contributed by atoms with Gasteiger partial charge in [-0.3, -0.25) is 5.32 Å². The van der Waals surface area contributed by atoms with E-state index in [1.807, 2.05) is 0 Å². The summed E-state index contributed by atoms with van der Waals surface area (Å²) in [5.74, 6) is 1.97. The monoisotopic (exact) mass is 462 g/mol. The molecule has 3 rings (SSSR count). The minimum absolute atomic E-state index is 0.0424. The predicted octanol–water partition coefficient (Wildman–Crippen LogP) is 2.85. The number of carbonyl (C=O) groups excluding carboxylic acids is 1. The lowest BCUT2D eigenvalue weighted by Gasteiger charge is -2.17. The van der Waals surface area contributed by atoms with Crippen LogP contribution in [0.5, 0.6) is 23.1 Å². The molecule has 0 aliphatic heterocycles. The maximum atomic E-state index is 11.3. The van der Waals surface area contributed by atoms with Crippen molar-refractivity contribution in [2.75, 3.05) is 40.5 Å². The van der Waals surface area contributed by atoms with Gasteiger partial charge in [0.1, 0.15) is 6.61 Å². The summed E-state index contributed by atoms with van der Waals surface area (Å²) in [4.78, 5) is 15.6. The molecule has 1 amide bonds. The van der Waals surface area contributed by atoms with E-state index in [0.29, 0.717) is 34.6 Å². The number of aromatic nitrogens is 3. The molecule has 0 bridgehead atoms. The number of hydrogen-bond acceptors (Lipinski definition) is 10. The summed E-state index contributed by atoms with van der Waals surface area (Å²) in [5.41, 5.74) is 1.30. The highest BCUT2D eigenvalue weighted by Crippen LogP contribution is 2.38. The predicted molar refractivity (Wildman–Crippen MR) is 116 cm³/mol. The summed E-state index contributed by atoms with van der Waals surface area (Å²) in [6, 6.07) is 6.92. The van der Waals surface area contributed by atoms with Gasteiger partial charge >= 0.3 is 6.09 Å². The Morgan fingerprint density at radius 3 is 2.45 bits per heavy atom. The van der Waals surface area contributed by atoms with Crippen LogP contribution in [0.4, 0.5) is 10.6 Å². The summed E-state index contributed by atoms with van der Waals surface area (Å²) in [6.45, 7) is 1.90. The lowest BCUT2D eigenvalue weighted by atomic mass is 10.2. The van der Waals surface area contributed by atoms with Crippen molar-refractivity contribution in [1.82, 2.24) is 14.6 Å². The van der Waals surface area contributed by atoms with Crippen molar-refractivity contribution in [2.45, 2.75) is 19.8 Å². The number of amides is 1. The lowest BCUT2D eigenvalue weighted by molar-refractivity contribution is -0.150. The first-order valence-electron chi connectivity index (χ1n) is 9.83. The van der Waals surface area contributed by atoms with E-state index in [2.05, 4.69) is 20.1 Å². The Morgan fingerprint density at radius 1 is 1.09 bits per heavy atom. The first-order chi connectivity index (χ1) is 16.0. The quantitative estimate of drug-likeness (QED) is 0.425. The highest BCUT2D eigenvalue weighted by molar-refractivity contribution is 5.83. The SMILES string of the molecule is COC(=O)Nc1cn2nc(OCc3cc(OC)c(OCOC(C)OC)c(OC)c3)ccc2n1. The van der Waals surface area contributed by atoms with E-state index in [0.717, 1.165) is 5.56 Å². The summed E-state index contributed by atoms with van der Waals surface area (Å²) >= 11 is 0. The number of nitrogens with one attached hydrogen (secondary N) is 1. The lowest BCUT2D eigenvalue weighted by Crippen LogP contribution is -2.15. The van der Waals surface area contributed by atoms with Gasteiger partial charge in [-0.15, -0.1) is 5.10 Å². The molecule has 12 nitrogen and oxygen atoms in total. The Labute approximate surface area is 190 Å². The van der Waals surface area contributed by atoms with E-state index in [9.17, 15) is 4.79 Å². The fourth-order valence-electron chi connectivity index (χ4n) is 2.73. The summed E-state index contributed by atoms with van der Waals surface area (Å²) in [7, 11) is 5.87. The molecule has 0 saturated heterocycles. The molecule has 0 radical (unpaired) electrons. The third kappa shape index (κ3) is 6.14. The standard InChI is InChI=1S/C21H26N4O8/c1-13(27-2)32-12-33-20-15(28-3)8-14(9-16(20)29-4)11-31-19-7-6-18-22-17(10-25(18)24-19)23-21(26)30-5/h6-10,13H,11-12H2,1-5H3,(H,23,26). The Balaban J connectivity index is 1.71. The summed E-state index contributed by atoms with van der Waals surface area (Å²) in [6.07, 6.45) is 0.511. The molecule has 0 spiro atoms. The molecule has 1 unspecified atom stereocenters. The smallest absolute Gasteiger partial charge is 0.412 e. The van der Waals surface area contributed by atoms with Gasteiger partial charge in [-0.05, 0) is 30.7 Å². The molecular formula is C21H26N4O8. The van der Waals surface area contributed by atoms with E-state index in [1.165, 1.54) is 33.0 Å². The van der Waals surface area contributed by atoms with E-state index >= 15 is 0 Å². The Morgan fingerprint density at radius 2 is 1.82 bits per heavy atom. The van der Waals surface area contributed by atoms with E-state index < -0.39 is 12.4 Å². The number of methoxy groups -OCH3 is 4. The molecule has 2 aromatic heterocycles. The van der Waals surface area contributed by atoms with Gasteiger partial charge in [-0.1, -0.05) is 0 Å². The van der Waals surface area contributed by atoms with Crippen LogP contribution in [0.25, 0.3) is 5.65 Å². The molecule has 2 heterocycles. The molecule has 1 aromatic carbocycles. The number of anilines is 1. The maximum absolute atomic E-state index is 11.3. The minimum Gasteiger partial charge on any atom is -0.493 e. The molecular weight excluding hydrogens is 436 g/mol. The number of imidazole rings is 1. The van der Waals surface area contributed by atoms with Gasteiger partial charge < -0.3 is 33.2 Å². The van der Waals surface area contributed by atoms with Gasteiger partial charge in [-0.2, -0.15) is 0 Å². The van der Waals surface area contributed by atoms with Crippen LogP contribution >= 0.6 is 0 Å². The fraction of sp³-hybridized carbons (Fsp3) is 0.381. The molecule has 3 aromatic rings. The van der Waals surface area contributed by atoms with E-state index in [4.69, 9.17) is 28.4 Å². The van der Waals surface area contributed by atoms with Crippen molar-refractivity contribution in [3.05, 3.63) is 36.0 Å². The van der Waals surface area contributed by atoms with Crippen LogP contribution in [0.1, 0.15) is 12.5 Å². The molecule has 0 saturated carbocycles. The number of ether oxygens (including phenoxy) is 7. The first kappa shape index (κ1) is 23.9. The third-order valence-corrected chi connectivity index (χ3v) is 4.46. The average Bonchev–Trinajstić information content (AvgIpc) is 3.23. The molecule has 33 heavy (non-hydrogen) atoms. The van der Waals surface area contributed by atoms with Crippen LogP contribution in [0.3, 0.4) is 0 Å². The van der Waals surface area contributed by atoms with E-state index in [-0.39, 0.29) is 13.4 Å². The normalized spacial score (nSPS) is 11.7. The van der Waals surface area contributed by atoms with E-state index in [1.54, 1.807) is 37.4 Å². The Kier molecular flexibility index (Phi) is 8.11. The van der Waals surface area contributed by atoms with Crippen LogP contribution < -0.4 is 24.3 Å². The molecule has 0 aliphatic rings. The molecule has 1 N–H and O–H groups in total. The molecule has 178 valence electrons. The second-order valence-corrected chi connectivity index (χ2v) is 6.57. The average molecular weight is 462 g/mol. The second-order valence-electron chi connectivity index (χ2n) is 6.57. The van der Waals surface area contributed by atoms with Crippen LogP contribution in [-0.4, -0.2) is 62.2 Å². The zero-order chi connectivity index (χ0) is 23.8.